The molecule has 3 aromatic rings. The molecule has 0 unspecified atom stereocenters. The molecule has 1 aliphatic rings. The zero-order valence-electron chi connectivity index (χ0n) is 14.1. The van der Waals surface area contributed by atoms with Gasteiger partial charge < -0.3 is 9.80 Å². The molecule has 24 heavy (non-hydrogen) atoms. The van der Waals surface area contributed by atoms with Crippen LogP contribution in [0.1, 0.15) is 17.1 Å². The average Bonchev–Trinajstić information content (AvgIpc) is 3.01. The third kappa shape index (κ3) is 2.64. The van der Waals surface area contributed by atoms with Crippen molar-refractivity contribution in [3.63, 3.8) is 0 Å². The second kappa shape index (κ2) is 5.70. The third-order valence-electron chi connectivity index (χ3n) is 4.24. The fraction of sp³-hybridized carbons (Fsp3) is 0.438. The quantitative estimate of drug-likeness (QED) is 0.700. The Hall–Kier alpha value is -2.77. The summed E-state index contributed by atoms with van der Waals surface area (Å²) >= 11 is 0. The number of nitrogens with zero attached hydrogens (tertiary/aromatic N) is 8. The fourth-order valence-electron chi connectivity index (χ4n) is 3.16. The van der Waals surface area contributed by atoms with Crippen LogP contribution < -0.4 is 9.80 Å². The fourth-order valence-corrected chi connectivity index (χ4v) is 3.16. The van der Waals surface area contributed by atoms with Gasteiger partial charge in [0, 0.05) is 37.6 Å². The summed E-state index contributed by atoms with van der Waals surface area (Å²) in [5, 5.41) is 12.6. The number of piperazine rings is 1. The Kier molecular flexibility index (Phi) is 3.51. The molecular weight excluding hydrogens is 304 g/mol. The minimum atomic E-state index is 0.803. The van der Waals surface area contributed by atoms with Gasteiger partial charge in [0.1, 0.15) is 6.33 Å². The summed E-state index contributed by atoms with van der Waals surface area (Å²) in [4.78, 5) is 13.7. The van der Waals surface area contributed by atoms with Crippen molar-refractivity contribution in [2.45, 2.75) is 20.8 Å². The molecule has 0 aromatic carbocycles. The van der Waals surface area contributed by atoms with Gasteiger partial charge in [0.25, 0.3) is 0 Å². The highest BCUT2D eigenvalue weighted by molar-refractivity contribution is 5.68. The van der Waals surface area contributed by atoms with Gasteiger partial charge in [-0.1, -0.05) is 0 Å². The van der Waals surface area contributed by atoms with Crippen molar-refractivity contribution in [3.05, 3.63) is 35.5 Å². The van der Waals surface area contributed by atoms with Crippen LogP contribution in [-0.4, -0.2) is 56.0 Å². The van der Waals surface area contributed by atoms with Gasteiger partial charge in [0.15, 0.2) is 0 Å². The zero-order chi connectivity index (χ0) is 16.7. The topological polar surface area (TPSA) is 75.3 Å². The molecule has 0 N–H and O–H groups in total. The van der Waals surface area contributed by atoms with Crippen LogP contribution in [0, 0.1) is 20.8 Å². The minimum absolute atomic E-state index is 0.803. The summed E-state index contributed by atoms with van der Waals surface area (Å²) in [5.74, 6) is 0.825. The summed E-state index contributed by atoms with van der Waals surface area (Å²) < 4.78 is 1.74. The van der Waals surface area contributed by atoms with Crippen molar-refractivity contribution in [1.82, 2.24) is 29.8 Å². The second-order valence-electron chi connectivity index (χ2n) is 6.19. The maximum atomic E-state index is 4.57. The number of aromatic nitrogens is 6. The van der Waals surface area contributed by atoms with Crippen molar-refractivity contribution < 1.29 is 0 Å². The Bertz CT molecular complexity index is 859. The first-order valence-corrected chi connectivity index (χ1v) is 8.10. The largest absolute Gasteiger partial charge is 0.365 e. The van der Waals surface area contributed by atoms with E-state index in [0.717, 1.165) is 60.5 Å². The van der Waals surface area contributed by atoms with Gasteiger partial charge in [-0.15, -0.1) is 10.2 Å². The molecule has 3 aromatic heterocycles. The Morgan fingerprint density at radius 2 is 1.50 bits per heavy atom. The average molecular weight is 324 g/mol. The monoisotopic (exact) mass is 324 g/mol. The van der Waals surface area contributed by atoms with E-state index < -0.39 is 0 Å². The van der Waals surface area contributed by atoms with E-state index in [1.165, 1.54) is 0 Å². The molecule has 1 fully saturated rings. The predicted octanol–water partition coefficient (Wildman–Crippen LogP) is 1.17. The molecule has 8 nitrogen and oxygen atoms in total. The lowest BCUT2D eigenvalue weighted by Gasteiger charge is -2.36. The maximum absolute atomic E-state index is 4.57. The van der Waals surface area contributed by atoms with E-state index >= 15 is 0 Å². The van der Waals surface area contributed by atoms with E-state index in [1.807, 2.05) is 26.8 Å². The molecule has 0 amide bonds. The van der Waals surface area contributed by atoms with Gasteiger partial charge >= 0.3 is 0 Å². The van der Waals surface area contributed by atoms with Crippen LogP contribution in [0.3, 0.4) is 0 Å². The number of hydrogen-bond acceptors (Lipinski definition) is 7. The maximum Gasteiger partial charge on any atom is 0.225 e. The van der Waals surface area contributed by atoms with E-state index in [-0.39, 0.29) is 0 Å². The van der Waals surface area contributed by atoms with Crippen molar-refractivity contribution in [2.24, 2.45) is 0 Å². The molecule has 4 rings (SSSR count). The van der Waals surface area contributed by atoms with E-state index in [1.54, 1.807) is 10.8 Å². The predicted molar refractivity (Wildman–Crippen MR) is 91.5 cm³/mol. The Morgan fingerprint density at radius 1 is 0.833 bits per heavy atom. The highest BCUT2D eigenvalue weighted by Crippen LogP contribution is 2.23. The van der Waals surface area contributed by atoms with Gasteiger partial charge in [0.05, 0.1) is 11.4 Å². The van der Waals surface area contributed by atoms with Crippen LogP contribution in [-0.2, 0) is 0 Å². The van der Waals surface area contributed by atoms with Crippen molar-refractivity contribution in [2.75, 3.05) is 36.0 Å². The molecular formula is C16H20N8. The number of anilines is 2. The lowest BCUT2D eigenvalue weighted by Crippen LogP contribution is -2.47. The summed E-state index contributed by atoms with van der Waals surface area (Å²) in [5.41, 5.74) is 4.86. The molecule has 1 saturated heterocycles. The second-order valence-corrected chi connectivity index (χ2v) is 6.19. The van der Waals surface area contributed by atoms with Gasteiger partial charge in [-0.25, -0.2) is 9.97 Å². The lowest BCUT2D eigenvalue weighted by molar-refractivity contribution is 0.637. The summed E-state index contributed by atoms with van der Waals surface area (Å²) in [6.07, 6.45) is 1.64. The molecule has 0 aliphatic carbocycles. The molecule has 124 valence electrons. The van der Waals surface area contributed by atoms with Crippen LogP contribution in [0.5, 0.6) is 0 Å². The van der Waals surface area contributed by atoms with Crippen molar-refractivity contribution >= 4 is 17.3 Å². The van der Waals surface area contributed by atoms with Gasteiger partial charge in [-0.05, 0) is 32.9 Å². The highest BCUT2D eigenvalue weighted by atomic mass is 15.4. The van der Waals surface area contributed by atoms with Crippen molar-refractivity contribution in [1.29, 1.82) is 0 Å². The summed E-state index contributed by atoms with van der Waals surface area (Å²) in [7, 11) is 0. The van der Waals surface area contributed by atoms with E-state index in [2.05, 4.69) is 41.1 Å². The molecule has 0 radical (unpaired) electrons. The molecule has 0 saturated carbocycles. The van der Waals surface area contributed by atoms with E-state index in [9.17, 15) is 0 Å². The summed E-state index contributed by atoms with van der Waals surface area (Å²) in [6, 6.07) is 4.08. The van der Waals surface area contributed by atoms with Crippen LogP contribution in [0.25, 0.3) is 5.65 Å². The lowest BCUT2D eigenvalue weighted by atomic mass is 10.2. The number of aryl methyl sites for hydroxylation is 3. The van der Waals surface area contributed by atoms with E-state index in [4.69, 9.17) is 0 Å². The zero-order valence-corrected chi connectivity index (χ0v) is 14.1. The Balaban J connectivity index is 1.56. The minimum Gasteiger partial charge on any atom is -0.365 e. The van der Waals surface area contributed by atoms with Crippen LogP contribution in [0.2, 0.25) is 0 Å². The molecule has 0 atom stereocenters. The van der Waals surface area contributed by atoms with E-state index in [0.29, 0.717) is 0 Å². The van der Waals surface area contributed by atoms with Crippen LogP contribution >= 0.6 is 0 Å². The first-order valence-electron chi connectivity index (χ1n) is 8.10. The molecule has 4 heterocycles. The third-order valence-corrected chi connectivity index (χ3v) is 4.24. The first kappa shape index (κ1) is 14.8. The standard InChI is InChI=1S/C16H20N8/c1-11-8-12(2)19-16(18-11)23-6-4-22(5-7-23)14-9-13(3)21-24-10-17-20-15(14)24/h8-10H,4-7H2,1-3H3. The smallest absolute Gasteiger partial charge is 0.225 e. The Morgan fingerprint density at radius 3 is 2.21 bits per heavy atom. The number of hydrogen-bond donors (Lipinski definition) is 0. The Labute approximate surface area is 140 Å². The normalized spacial score (nSPS) is 15.3. The first-order chi connectivity index (χ1) is 11.6. The molecule has 0 bridgehead atoms. The van der Waals surface area contributed by atoms with Gasteiger partial charge in [-0.3, -0.25) is 0 Å². The van der Waals surface area contributed by atoms with Gasteiger partial charge in [0.2, 0.25) is 11.6 Å². The molecule has 8 heteroatoms. The summed E-state index contributed by atoms with van der Waals surface area (Å²) in [6.45, 7) is 9.55. The van der Waals surface area contributed by atoms with Gasteiger partial charge in [-0.2, -0.15) is 9.61 Å². The van der Waals surface area contributed by atoms with Crippen LogP contribution in [0.4, 0.5) is 11.6 Å². The van der Waals surface area contributed by atoms with Crippen molar-refractivity contribution in [3.8, 4) is 0 Å². The highest BCUT2D eigenvalue weighted by Gasteiger charge is 2.22. The number of fused-ring (bicyclic) bond motifs is 1. The SMILES string of the molecule is Cc1cc(C)nc(N2CCN(c3cc(C)nn4cnnc34)CC2)n1. The molecule has 1 aliphatic heterocycles. The molecule has 0 spiro atoms. The number of rotatable bonds is 2. The van der Waals surface area contributed by atoms with Crippen LogP contribution in [0.15, 0.2) is 18.5 Å².